The fraction of sp³-hybridized carbons (Fsp3) is 0.444. The van der Waals surface area contributed by atoms with Gasteiger partial charge in [0, 0.05) is 17.6 Å². The first kappa shape index (κ1) is 16.6. The molecule has 0 spiro atoms. The largest absolute Gasteiger partial charge is 0.494 e. The average molecular weight is 303 g/mol. The monoisotopic (exact) mass is 303 g/mol. The summed E-state index contributed by atoms with van der Waals surface area (Å²) in [6, 6.07) is 11.9. The van der Waals surface area contributed by atoms with Crippen LogP contribution in [0.15, 0.2) is 47.1 Å². The highest BCUT2D eigenvalue weighted by Crippen LogP contribution is 2.26. The minimum Gasteiger partial charge on any atom is -0.494 e. The van der Waals surface area contributed by atoms with Gasteiger partial charge < -0.3 is 19.6 Å². The van der Waals surface area contributed by atoms with E-state index < -0.39 is 6.10 Å². The van der Waals surface area contributed by atoms with Crippen LogP contribution in [0.25, 0.3) is 0 Å². The number of aliphatic hydroxyl groups excluding tert-OH is 1. The SMILES string of the molecule is CCOc1ccccc1C(C)NC(C)CC(O)c1ccco1. The van der Waals surface area contributed by atoms with Crippen molar-refractivity contribution in [3.63, 3.8) is 0 Å². The van der Waals surface area contributed by atoms with Gasteiger partial charge in [-0.3, -0.25) is 0 Å². The molecule has 0 bridgehead atoms. The van der Waals surface area contributed by atoms with Crippen LogP contribution in [0.1, 0.15) is 50.7 Å². The van der Waals surface area contributed by atoms with Gasteiger partial charge in [0.05, 0.1) is 12.9 Å². The molecule has 120 valence electrons. The molecule has 4 heteroatoms. The normalized spacial score (nSPS) is 15.3. The third kappa shape index (κ3) is 4.36. The van der Waals surface area contributed by atoms with Gasteiger partial charge in [-0.2, -0.15) is 0 Å². The summed E-state index contributed by atoms with van der Waals surface area (Å²) in [4.78, 5) is 0. The molecule has 0 aliphatic rings. The highest BCUT2D eigenvalue weighted by Gasteiger charge is 2.18. The first-order chi connectivity index (χ1) is 10.6. The van der Waals surface area contributed by atoms with E-state index in [-0.39, 0.29) is 12.1 Å². The van der Waals surface area contributed by atoms with Crippen LogP contribution in [0.2, 0.25) is 0 Å². The number of ether oxygens (including phenoxy) is 1. The van der Waals surface area contributed by atoms with Crippen LogP contribution in [0, 0.1) is 0 Å². The van der Waals surface area contributed by atoms with Crippen molar-refractivity contribution in [3.05, 3.63) is 54.0 Å². The molecular formula is C18H25NO3. The quantitative estimate of drug-likeness (QED) is 0.778. The molecule has 3 atom stereocenters. The minimum atomic E-state index is -0.591. The smallest absolute Gasteiger partial charge is 0.132 e. The van der Waals surface area contributed by atoms with E-state index in [0.29, 0.717) is 18.8 Å². The second-order valence-corrected chi connectivity index (χ2v) is 5.53. The van der Waals surface area contributed by atoms with Gasteiger partial charge in [-0.1, -0.05) is 18.2 Å². The Morgan fingerprint density at radius 1 is 1.18 bits per heavy atom. The van der Waals surface area contributed by atoms with Gasteiger partial charge in [0.2, 0.25) is 0 Å². The number of para-hydroxylation sites is 1. The summed E-state index contributed by atoms with van der Waals surface area (Å²) < 4.78 is 10.9. The summed E-state index contributed by atoms with van der Waals surface area (Å²) in [6.45, 7) is 6.80. The fourth-order valence-corrected chi connectivity index (χ4v) is 2.64. The number of benzene rings is 1. The molecule has 0 aliphatic heterocycles. The maximum absolute atomic E-state index is 10.1. The van der Waals surface area contributed by atoms with Gasteiger partial charge in [-0.15, -0.1) is 0 Å². The average Bonchev–Trinajstić information content (AvgIpc) is 3.02. The maximum Gasteiger partial charge on any atom is 0.132 e. The molecule has 0 saturated carbocycles. The van der Waals surface area contributed by atoms with Gasteiger partial charge in [0.1, 0.15) is 17.6 Å². The molecule has 2 aromatic rings. The lowest BCUT2D eigenvalue weighted by molar-refractivity contribution is 0.127. The lowest BCUT2D eigenvalue weighted by Crippen LogP contribution is -2.30. The highest BCUT2D eigenvalue weighted by molar-refractivity contribution is 5.35. The molecule has 0 saturated heterocycles. The summed E-state index contributed by atoms with van der Waals surface area (Å²) in [5, 5.41) is 13.6. The van der Waals surface area contributed by atoms with Gasteiger partial charge in [-0.25, -0.2) is 0 Å². The van der Waals surface area contributed by atoms with E-state index in [1.807, 2.05) is 25.1 Å². The van der Waals surface area contributed by atoms with Crippen molar-refractivity contribution in [1.29, 1.82) is 0 Å². The molecular weight excluding hydrogens is 278 g/mol. The van der Waals surface area contributed by atoms with Crippen molar-refractivity contribution in [2.24, 2.45) is 0 Å². The number of rotatable bonds is 8. The van der Waals surface area contributed by atoms with Crippen molar-refractivity contribution in [3.8, 4) is 5.75 Å². The predicted molar refractivity (Wildman–Crippen MR) is 86.9 cm³/mol. The van der Waals surface area contributed by atoms with Gasteiger partial charge in [0.25, 0.3) is 0 Å². The Kier molecular flexibility index (Phi) is 6.04. The first-order valence-electron chi connectivity index (χ1n) is 7.81. The zero-order chi connectivity index (χ0) is 15.9. The second kappa shape index (κ2) is 8.01. The van der Waals surface area contributed by atoms with E-state index in [1.54, 1.807) is 18.4 Å². The molecule has 22 heavy (non-hydrogen) atoms. The van der Waals surface area contributed by atoms with E-state index >= 15 is 0 Å². The number of aliphatic hydroxyl groups is 1. The van der Waals surface area contributed by atoms with Gasteiger partial charge in [-0.05, 0) is 45.4 Å². The minimum absolute atomic E-state index is 0.140. The van der Waals surface area contributed by atoms with E-state index in [0.717, 1.165) is 11.3 Å². The Balaban J connectivity index is 1.95. The molecule has 1 aromatic heterocycles. The lowest BCUT2D eigenvalue weighted by Gasteiger charge is -2.23. The topological polar surface area (TPSA) is 54.6 Å². The van der Waals surface area contributed by atoms with Crippen LogP contribution >= 0.6 is 0 Å². The Morgan fingerprint density at radius 3 is 2.64 bits per heavy atom. The lowest BCUT2D eigenvalue weighted by atomic mass is 10.0. The zero-order valence-electron chi connectivity index (χ0n) is 13.5. The van der Waals surface area contributed by atoms with Crippen LogP contribution in [0.4, 0.5) is 0 Å². The molecule has 1 aromatic carbocycles. The van der Waals surface area contributed by atoms with Gasteiger partial charge >= 0.3 is 0 Å². The van der Waals surface area contributed by atoms with E-state index in [1.165, 1.54) is 0 Å². The number of nitrogens with one attached hydrogen (secondary N) is 1. The van der Waals surface area contributed by atoms with Crippen LogP contribution in [-0.4, -0.2) is 17.8 Å². The highest BCUT2D eigenvalue weighted by atomic mass is 16.5. The molecule has 4 nitrogen and oxygen atoms in total. The van der Waals surface area contributed by atoms with Gasteiger partial charge in [0.15, 0.2) is 0 Å². The summed E-state index contributed by atoms with van der Waals surface area (Å²) in [5.74, 6) is 1.51. The number of furan rings is 1. The van der Waals surface area contributed by atoms with E-state index in [9.17, 15) is 5.11 Å². The standard InChI is InChI=1S/C18H25NO3/c1-4-21-17-9-6-5-8-15(17)14(3)19-13(2)12-16(20)18-10-7-11-22-18/h5-11,13-14,16,19-20H,4,12H2,1-3H3. The summed E-state index contributed by atoms with van der Waals surface area (Å²) in [6.07, 6.45) is 1.58. The van der Waals surface area contributed by atoms with E-state index in [4.69, 9.17) is 9.15 Å². The Bertz CT molecular complexity index is 553. The molecule has 0 radical (unpaired) electrons. The predicted octanol–water partition coefficient (Wildman–Crippen LogP) is 3.84. The number of hydrogen-bond acceptors (Lipinski definition) is 4. The van der Waals surface area contributed by atoms with Crippen molar-refractivity contribution >= 4 is 0 Å². The van der Waals surface area contributed by atoms with Crippen LogP contribution in [0.5, 0.6) is 5.75 Å². The third-order valence-electron chi connectivity index (χ3n) is 3.67. The van der Waals surface area contributed by atoms with Crippen molar-refractivity contribution in [1.82, 2.24) is 5.32 Å². The summed E-state index contributed by atoms with van der Waals surface area (Å²) in [5.41, 5.74) is 1.13. The van der Waals surface area contributed by atoms with Crippen molar-refractivity contribution < 1.29 is 14.3 Å². The third-order valence-corrected chi connectivity index (χ3v) is 3.67. The molecule has 0 aliphatic carbocycles. The molecule has 1 heterocycles. The Hall–Kier alpha value is -1.78. The van der Waals surface area contributed by atoms with Crippen LogP contribution in [0.3, 0.4) is 0 Å². The molecule has 0 fully saturated rings. The molecule has 2 rings (SSSR count). The van der Waals surface area contributed by atoms with Crippen molar-refractivity contribution in [2.75, 3.05) is 6.61 Å². The van der Waals surface area contributed by atoms with Crippen LogP contribution in [-0.2, 0) is 0 Å². The second-order valence-electron chi connectivity index (χ2n) is 5.53. The molecule has 3 unspecified atom stereocenters. The number of hydrogen-bond donors (Lipinski definition) is 2. The fourth-order valence-electron chi connectivity index (χ4n) is 2.64. The van der Waals surface area contributed by atoms with Crippen LogP contribution < -0.4 is 10.1 Å². The maximum atomic E-state index is 10.1. The molecule has 0 amide bonds. The summed E-state index contributed by atoms with van der Waals surface area (Å²) in [7, 11) is 0. The zero-order valence-corrected chi connectivity index (χ0v) is 13.5. The van der Waals surface area contributed by atoms with Crippen molar-refractivity contribution in [2.45, 2.75) is 45.4 Å². The Morgan fingerprint density at radius 2 is 1.95 bits per heavy atom. The Labute approximate surface area is 132 Å². The first-order valence-corrected chi connectivity index (χ1v) is 7.81. The molecule has 2 N–H and O–H groups in total. The van der Waals surface area contributed by atoms with E-state index in [2.05, 4.69) is 25.2 Å². The summed E-state index contributed by atoms with van der Waals surface area (Å²) >= 11 is 0.